The molecule has 0 bridgehead atoms. The minimum Gasteiger partial charge on any atom is -0.341 e. The Kier molecular flexibility index (Phi) is 1.92. The van der Waals surface area contributed by atoms with Crippen molar-refractivity contribution >= 4 is 17.1 Å². The van der Waals surface area contributed by atoms with Gasteiger partial charge in [0.15, 0.2) is 11.2 Å². The molecular formula is C10H13N5O2. The van der Waals surface area contributed by atoms with E-state index in [0.29, 0.717) is 11.2 Å². The molecule has 1 aliphatic heterocycles. The lowest BCUT2D eigenvalue weighted by Gasteiger charge is -2.11. The topological polar surface area (TPSA) is 75.9 Å². The number of imidazole rings is 1. The Hall–Kier alpha value is -2.05. The fourth-order valence-electron chi connectivity index (χ4n) is 2.30. The van der Waals surface area contributed by atoms with Crippen molar-refractivity contribution in [2.45, 2.75) is 13.5 Å². The summed E-state index contributed by atoms with van der Waals surface area (Å²) in [6.45, 7) is 4.48. The molecule has 90 valence electrons. The molecule has 0 fully saturated rings. The number of H-pyrrole nitrogens is 1. The maximum atomic E-state index is 11.8. The molecule has 0 spiro atoms. The Balaban J connectivity index is 2.45. The van der Waals surface area contributed by atoms with Crippen molar-refractivity contribution in [1.29, 1.82) is 0 Å². The van der Waals surface area contributed by atoms with Gasteiger partial charge < -0.3 is 9.47 Å². The molecule has 0 saturated carbocycles. The quantitative estimate of drug-likeness (QED) is 0.706. The number of hydrogen-bond acceptors (Lipinski definition) is 4. The highest BCUT2D eigenvalue weighted by Crippen LogP contribution is 2.23. The fraction of sp³-hybridized carbons (Fsp3) is 0.500. The van der Waals surface area contributed by atoms with Gasteiger partial charge in [0.25, 0.3) is 5.56 Å². The summed E-state index contributed by atoms with van der Waals surface area (Å²) in [7, 11) is 1.61. The van der Waals surface area contributed by atoms with E-state index in [-0.39, 0.29) is 5.56 Å². The Morgan fingerprint density at radius 3 is 2.82 bits per heavy atom. The van der Waals surface area contributed by atoms with Gasteiger partial charge in [0, 0.05) is 26.7 Å². The lowest BCUT2D eigenvalue weighted by molar-refractivity contribution is 0.779. The van der Waals surface area contributed by atoms with Crippen LogP contribution in [0, 0.1) is 0 Å². The third-order valence-corrected chi connectivity index (χ3v) is 3.25. The number of aryl methyl sites for hydroxylation is 1. The summed E-state index contributed by atoms with van der Waals surface area (Å²) in [5.41, 5.74) is 0.145. The molecule has 0 unspecified atom stereocenters. The van der Waals surface area contributed by atoms with E-state index in [1.807, 2.05) is 11.5 Å². The molecule has 0 aliphatic carbocycles. The maximum absolute atomic E-state index is 11.8. The predicted molar refractivity (Wildman–Crippen MR) is 63.5 cm³/mol. The Bertz CT molecular complexity index is 708. The summed E-state index contributed by atoms with van der Waals surface area (Å²) in [6.07, 6.45) is 0. The van der Waals surface area contributed by atoms with Crippen molar-refractivity contribution in [3.63, 3.8) is 0 Å². The minimum atomic E-state index is -0.428. The molecule has 0 atom stereocenters. The van der Waals surface area contributed by atoms with Crippen LogP contribution < -0.4 is 16.1 Å². The molecule has 1 aliphatic rings. The van der Waals surface area contributed by atoms with Crippen LogP contribution in [0.25, 0.3) is 11.2 Å². The SMILES string of the molecule is CCN1CCn2c1nc1c2c(=O)[nH]c(=O)n1C. The van der Waals surface area contributed by atoms with Crippen LogP contribution in [-0.2, 0) is 13.6 Å². The first-order chi connectivity index (χ1) is 8.13. The van der Waals surface area contributed by atoms with Gasteiger partial charge in [-0.25, -0.2) is 4.79 Å². The Labute approximate surface area is 96.3 Å². The second-order valence-electron chi connectivity index (χ2n) is 4.13. The first kappa shape index (κ1) is 10.1. The third kappa shape index (κ3) is 1.19. The molecule has 3 rings (SSSR count). The van der Waals surface area contributed by atoms with Crippen molar-refractivity contribution in [3.8, 4) is 0 Å². The first-order valence-electron chi connectivity index (χ1n) is 5.58. The summed E-state index contributed by atoms with van der Waals surface area (Å²) in [5, 5.41) is 0. The predicted octanol–water partition coefficient (Wildman–Crippen LogP) is -0.737. The molecule has 1 N–H and O–H groups in total. The number of aromatic amines is 1. The van der Waals surface area contributed by atoms with E-state index in [1.54, 1.807) is 7.05 Å². The monoisotopic (exact) mass is 235 g/mol. The van der Waals surface area contributed by atoms with Crippen molar-refractivity contribution in [2.24, 2.45) is 7.05 Å². The summed E-state index contributed by atoms with van der Waals surface area (Å²) in [6, 6.07) is 0. The van der Waals surface area contributed by atoms with Gasteiger partial charge in [-0.05, 0) is 6.92 Å². The number of rotatable bonds is 1. The van der Waals surface area contributed by atoms with E-state index in [0.717, 1.165) is 25.6 Å². The molecule has 0 aromatic carbocycles. The number of fused-ring (bicyclic) bond motifs is 3. The van der Waals surface area contributed by atoms with E-state index in [2.05, 4.69) is 14.9 Å². The summed E-state index contributed by atoms with van der Waals surface area (Å²) in [4.78, 5) is 32.1. The molecule has 17 heavy (non-hydrogen) atoms. The molecule has 3 heterocycles. The summed E-state index contributed by atoms with van der Waals surface area (Å²) >= 11 is 0. The van der Waals surface area contributed by atoms with Gasteiger partial charge in [0.2, 0.25) is 5.95 Å². The summed E-state index contributed by atoms with van der Waals surface area (Å²) < 4.78 is 3.24. The molecule has 7 nitrogen and oxygen atoms in total. The zero-order valence-electron chi connectivity index (χ0n) is 9.73. The first-order valence-corrected chi connectivity index (χ1v) is 5.58. The highest BCUT2D eigenvalue weighted by atomic mass is 16.2. The number of nitrogens with zero attached hydrogens (tertiary/aromatic N) is 4. The molecule has 2 aromatic rings. The van der Waals surface area contributed by atoms with Crippen LogP contribution in [-0.4, -0.2) is 32.2 Å². The van der Waals surface area contributed by atoms with Gasteiger partial charge in [-0.15, -0.1) is 0 Å². The third-order valence-electron chi connectivity index (χ3n) is 3.25. The molecule has 2 aromatic heterocycles. The molecule has 0 amide bonds. The van der Waals surface area contributed by atoms with Crippen molar-refractivity contribution in [1.82, 2.24) is 19.1 Å². The van der Waals surface area contributed by atoms with Crippen LogP contribution in [0.5, 0.6) is 0 Å². The van der Waals surface area contributed by atoms with Crippen molar-refractivity contribution in [2.75, 3.05) is 18.0 Å². The van der Waals surface area contributed by atoms with Crippen LogP contribution in [0.3, 0.4) is 0 Å². The fourth-order valence-corrected chi connectivity index (χ4v) is 2.30. The summed E-state index contributed by atoms with van der Waals surface area (Å²) in [5.74, 6) is 0.772. The van der Waals surface area contributed by atoms with Crippen LogP contribution in [0.2, 0.25) is 0 Å². The maximum Gasteiger partial charge on any atom is 0.329 e. The lowest BCUT2D eigenvalue weighted by atomic mass is 10.5. The number of aromatic nitrogens is 4. The van der Waals surface area contributed by atoms with Gasteiger partial charge in [0.1, 0.15) is 0 Å². The highest BCUT2D eigenvalue weighted by Gasteiger charge is 2.25. The second kappa shape index (κ2) is 3.22. The number of likely N-dealkylation sites (N-methyl/N-ethyl adjacent to an activating group) is 1. The molecule has 0 saturated heterocycles. The largest absolute Gasteiger partial charge is 0.341 e. The lowest BCUT2D eigenvalue weighted by Crippen LogP contribution is -2.29. The van der Waals surface area contributed by atoms with E-state index < -0.39 is 5.69 Å². The minimum absolute atomic E-state index is 0.361. The second-order valence-corrected chi connectivity index (χ2v) is 4.13. The molecular weight excluding hydrogens is 222 g/mol. The number of hydrogen-bond donors (Lipinski definition) is 1. The Morgan fingerprint density at radius 2 is 2.12 bits per heavy atom. The van der Waals surface area contributed by atoms with Crippen LogP contribution >= 0.6 is 0 Å². The van der Waals surface area contributed by atoms with E-state index in [4.69, 9.17) is 0 Å². The van der Waals surface area contributed by atoms with Crippen molar-refractivity contribution < 1.29 is 0 Å². The van der Waals surface area contributed by atoms with Gasteiger partial charge in [-0.1, -0.05) is 0 Å². The zero-order chi connectivity index (χ0) is 12.2. The zero-order valence-corrected chi connectivity index (χ0v) is 9.73. The average Bonchev–Trinajstić information content (AvgIpc) is 2.83. The van der Waals surface area contributed by atoms with Crippen LogP contribution in [0.1, 0.15) is 6.92 Å². The van der Waals surface area contributed by atoms with Crippen LogP contribution in [0.4, 0.5) is 5.95 Å². The highest BCUT2D eigenvalue weighted by molar-refractivity contribution is 5.75. The van der Waals surface area contributed by atoms with Gasteiger partial charge in [-0.3, -0.25) is 14.3 Å². The molecule has 0 radical (unpaired) electrons. The van der Waals surface area contributed by atoms with E-state index in [1.165, 1.54) is 4.57 Å². The van der Waals surface area contributed by atoms with E-state index >= 15 is 0 Å². The Morgan fingerprint density at radius 1 is 1.35 bits per heavy atom. The number of anilines is 1. The van der Waals surface area contributed by atoms with Gasteiger partial charge in [0.05, 0.1) is 0 Å². The smallest absolute Gasteiger partial charge is 0.329 e. The molecule has 7 heteroatoms. The van der Waals surface area contributed by atoms with Gasteiger partial charge >= 0.3 is 5.69 Å². The average molecular weight is 235 g/mol. The normalized spacial score (nSPS) is 14.6. The standard InChI is InChI=1S/C10H13N5O2/c1-3-14-4-5-15-6-7(11-9(14)15)13(2)10(17)12-8(6)16/h3-5H2,1-2H3,(H,12,16,17). The van der Waals surface area contributed by atoms with Crippen LogP contribution in [0.15, 0.2) is 9.59 Å². The van der Waals surface area contributed by atoms with Crippen molar-refractivity contribution in [3.05, 3.63) is 20.8 Å². The van der Waals surface area contributed by atoms with E-state index in [9.17, 15) is 9.59 Å². The van der Waals surface area contributed by atoms with Gasteiger partial charge in [-0.2, -0.15) is 4.98 Å². The number of nitrogens with one attached hydrogen (secondary N) is 1.